The summed E-state index contributed by atoms with van der Waals surface area (Å²) in [6.45, 7) is 3.51. The average Bonchev–Trinajstić information content (AvgIpc) is 2.99. The minimum atomic E-state index is -4.76. The molecule has 3 heterocycles. The zero-order valence-electron chi connectivity index (χ0n) is 22.9. The molecule has 11 nitrogen and oxygen atoms in total. The number of benzene rings is 1. The van der Waals surface area contributed by atoms with Crippen molar-refractivity contribution < 1.29 is 37.1 Å². The molecule has 43 heavy (non-hydrogen) atoms. The molecule has 0 spiro atoms. The molecular formula is C27H28ClF4N7O4. The van der Waals surface area contributed by atoms with Crippen LogP contribution in [0.25, 0.3) is 0 Å². The van der Waals surface area contributed by atoms with Gasteiger partial charge < -0.3 is 20.2 Å². The minimum absolute atomic E-state index is 0.107. The van der Waals surface area contributed by atoms with Gasteiger partial charge >= 0.3 is 12.1 Å². The lowest BCUT2D eigenvalue weighted by Gasteiger charge is -2.35. The summed E-state index contributed by atoms with van der Waals surface area (Å²) in [7, 11) is 0. The molecule has 230 valence electrons. The van der Waals surface area contributed by atoms with E-state index in [9.17, 15) is 31.9 Å². The van der Waals surface area contributed by atoms with Crippen molar-refractivity contribution in [3.8, 4) is 0 Å². The Labute approximate surface area is 248 Å². The molecule has 0 aliphatic carbocycles. The number of anilines is 1. The van der Waals surface area contributed by atoms with Crippen LogP contribution in [-0.4, -0.2) is 80.9 Å². The molecule has 1 saturated heterocycles. The number of aromatic carboxylic acids is 1. The Morgan fingerprint density at radius 2 is 1.60 bits per heavy atom. The molecule has 1 aromatic carbocycles. The first kappa shape index (κ1) is 33.1. The number of piperazine rings is 1. The molecule has 2 amide bonds. The number of alkyl halides is 3. The van der Waals surface area contributed by atoms with Crippen LogP contribution < -0.4 is 10.2 Å². The van der Waals surface area contributed by atoms with E-state index < -0.39 is 35.0 Å². The summed E-state index contributed by atoms with van der Waals surface area (Å²) in [5.41, 5.74) is -1.78. The molecule has 3 aromatic rings. The van der Waals surface area contributed by atoms with Gasteiger partial charge in [0.1, 0.15) is 5.82 Å². The van der Waals surface area contributed by atoms with Crippen molar-refractivity contribution in [2.24, 2.45) is 0 Å². The van der Waals surface area contributed by atoms with Crippen molar-refractivity contribution in [3.63, 3.8) is 0 Å². The SMILES string of the molecule is CCCCCNC(=O)c1ccc(N2CCN(C(=O)c3cc(F)ccc3C(F)(F)F)CC2)nn1.O=C(O)c1ccc(Cl)nn1. The van der Waals surface area contributed by atoms with Gasteiger partial charge in [-0.3, -0.25) is 9.59 Å². The number of rotatable bonds is 8. The molecule has 1 aliphatic heterocycles. The van der Waals surface area contributed by atoms with Crippen molar-refractivity contribution in [3.05, 3.63) is 75.9 Å². The minimum Gasteiger partial charge on any atom is -0.476 e. The molecule has 4 rings (SSSR count). The molecule has 0 bridgehead atoms. The van der Waals surface area contributed by atoms with E-state index in [2.05, 4.69) is 32.6 Å². The Balaban J connectivity index is 0.000000428. The van der Waals surface area contributed by atoms with Gasteiger partial charge in [-0.2, -0.15) is 13.2 Å². The average molecular weight is 626 g/mol. The summed E-state index contributed by atoms with van der Waals surface area (Å²) in [4.78, 5) is 38.0. The standard InChI is InChI=1S/C22H25F4N5O2.C5H3ClN2O2/c1-2-3-4-9-27-20(32)18-7-8-19(29-28-18)30-10-12-31(13-11-30)21(33)16-14-15(23)5-6-17(16)22(24,25)26;6-4-2-1-3(5(9)10)7-8-4/h5-8,14H,2-4,9-13H2,1H3,(H,27,32);1-2H,(H,9,10). The summed E-state index contributed by atoms with van der Waals surface area (Å²) in [5, 5.41) is 25.9. The Morgan fingerprint density at radius 1 is 0.930 bits per heavy atom. The Kier molecular flexibility index (Phi) is 11.7. The van der Waals surface area contributed by atoms with Crippen LogP contribution in [0.15, 0.2) is 42.5 Å². The fourth-order valence-corrected chi connectivity index (χ4v) is 4.06. The van der Waals surface area contributed by atoms with E-state index in [1.807, 2.05) is 4.90 Å². The third-order valence-corrected chi connectivity index (χ3v) is 6.41. The number of carboxylic acids is 1. The number of hydrogen-bond acceptors (Lipinski definition) is 8. The van der Waals surface area contributed by atoms with Gasteiger partial charge in [0, 0.05) is 32.7 Å². The Bertz CT molecular complexity index is 1400. The lowest BCUT2D eigenvalue weighted by molar-refractivity contribution is -0.138. The number of amides is 2. The largest absolute Gasteiger partial charge is 0.476 e. The summed E-state index contributed by atoms with van der Waals surface area (Å²) >= 11 is 5.35. The lowest BCUT2D eigenvalue weighted by atomic mass is 10.0. The highest BCUT2D eigenvalue weighted by atomic mass is 35.5. The van der Waals surface area contributed by atoms with Crippen LogP contribution in [0.4, 0.5) is 23.4 Å². The van der Waals surface area contributed by atoms with Crippen LogP contribution in [0, 0.1) is 5.82 Å². The Hall–Kier alpha value is -4.40. The van der Waals surface area contributed by atoms with Gasteiger partial charge in [0.05, 0.1) is 11.1 Å². The summed E-state index contributed by atoms with van der Waals surface area (Å²) in [6, 6.07) is 7.74. The van der Waals surface area contributed by atoms with Crippen molar-refractivity contribution in [1.82, 2.24) is 30.6 Å². The molecule has 1 fully saturated rings. The predicted octanol–water partition coefficient (Wildman–Crippen LogP) is 4.35. The fraction of sp³-hybridized carbons (Fsp3) is 0.370. The van der Waals surface area contributed by atoms with E-state index in [-0.39, 0.29) is 35.5 Å². The normalized spacial score (nSPS) is 13.2. The molecule has 0 atom stereocenters. The number of carbonyl (C=O) groups is 3. The number of unbranched alkanes of at least 4 members (excludes halogenated alkanes) is 2. The molecule has 2 aromatic heterocycles. The van der Waals surface area contributed by atoms with Crippen molar-refractivity contribution in [2.75, 3.05) is 37.6 Å². The van der Waals surface area contributed by atoms with Gasteiger partial charge in [0.15, 0.2) is 22.4 Å². The fourth-order valence-electron chi connectivity index (χ4n) is 3.96. The highest BCUT2D eigenvalue weighted by molar-refractivity contribution is 6.29. The highest BCUT2D eigenvalue weighted by Crippen LogP contribution is 2.33. The molecular weight excluding hydrogens is 598 g/mol. The van der Waals surface area contributed by atoms with Crippen LogP contribution in [0.2, 0.25) is 5.15 Å². The number of carboxylic acid groups (broad SMARTS) is 1. The molecule has 1 aliphatic rings. The molecule has 0 saturated carbocycles. The van der Waals surface area contributed by atoms with Crippen molar-refractivity contribution >= 4 is 35.2 Å². The van der Waals surface area contributed by atoms with Crippen molar-refractivity contribution in [2.45, 2.75) is 32.4 Å². The topological polar surface area (TPSA) is 142 Å². The van der Waals surface area contributed by atoms with Crippen LogP contribution in [0.1, 0.15) is 63.1 Å². The zero-order chi connectivity index (χ0) is 31.6. The maximum absolute atomic E-state index is 13.5. The van der Waals surface area contributed by atoms with Crippen LogP contribution in [0.5, 0.6) is 0 Å². The van der Waals surface area contributed by atoms with Crippen molar-refractivity contribution in [1.29, 1.82) is 0 Å². The van der Waals surface area contributed by atoms with E-state index in [1.165, 1.54) is 17.0 Å². The van der Waals surface area contributed by atoms with Gasteiger partial charge in [-0.05, 0) is 48.9 Å². The maximum atomic E-state index is 13.5. The summed E-state index contributed by atoms with van der Waals surface area (Å²) < 4.78 is 53.3. The van der Waals surface area contributed by atoms with Gasteiger partial charge in [-0.1, -0.05) is 31.4 Å². The number of carbonyl (C=O) groups excluding carboxylic acids is 2. The van der Waals surface area contributed by atoms with E-state index in [0.29, 0.717) is 43.7 Å². The van der Waals surface area contributed by atoms with Crippen LogP contribution in [0.3, 0.4) is 0 Å². The van der Waals surface area contributed by atoms with E-state index in [0.717, 1.165) is 19.3 Å². The number of hydrogen-bond donors (Lipinski definition) is 2. The number of nitrogens with one attached hydrogen (secondary N) is 1. The first-order valence-corrected chi connectivity index (χ1v) is 13.5. The molecule has 0 unspecified atom stereocenters. The lowest BCUT2D eigenvalue weighted by Crippen LogP contribution is -2.49. The maximum Gasteiger partial charge on any atom is 0.417 e. The van der Waals surface area contributed by atoms with Gasteiger partial charge in [-0.15, -0.1) is 20.4 Å². The second-order valence-corrected chi connectivity index (χ2v) is 9.64. The highest BCUT2D eigenvalue weighted by Gasteiger charge is 2.37. The third-order valence-electron chi connectivity index (χ3n) is 6.21. The molecule has 0 radical (unpaired) electrons. The molecule has 2 N–H and O–H groups in total. The quantitative estimate of drug-likeness (QED) is 0.276. The van der Waals surface area contributed by atoms with E-state index >= 15 is 0 Å². The van der Waals surface area contributed by atoms with E-state index in [1.54, 1.807) is 12.1 Å². The Morgan fingerprint density at radius 3 is 2.16 bits per heavy atom. The van der Waals surface area contributed by atoms with Gasteiger partial charge in [0.2, 0.25) is 0 Å². The first-order chi connectivity index (χ1) is 20.4. The van der Waals surface area contributed by atoms with Gasteiger partial charge in [0.25, 0.3) is 11.8 Å². The zero-order valence-corrected chi connectivity index (χ0v) is 23.7. The summed E-state index contributed by atoms with van der Waals surface area (Å²) in [5.74, 6) is -2.70. The molecule has 16 heteroatoms. The van der Waals surface area contributed by atoms with E-state index in [4.69, 9.17) is 16.7 Å². The predicted molar refractivity (Wildman–Crippen MR) is 147 cm³/mol. The van der Waals surface area contributed by atoms with Crippen LogP contribution in [-0.2, 0) is 6.18 Å². The third kappa shape index (κ3) is 9.56. The summed E-state index contributed by atoms with van der Waals surface area (Å²) in [6.07, 6.45) is -1.80. The van der Waals surface area contributed by atoms with Crippen LogP contribution >= 0.6 is 11.6 Å². The van der Waals surface area contributed by atoms with Gasteiger partial charge in [-0.25, -0.2) is 9.18 Å². The first-order valence-electron chi connectivity index (χ1n) is 13.2. The number of aromatic nitrogens is 4. The second-order valence-electron chi connectivity index (χ2n) is 9.25. The number of nitrogens with zero attached hydrogens (tertiary/aromatic N) is 6. The second kappa shape index (κ2) is 15.2. The smallest absolute Gasteiger partial charge is 0.417 e. The monoisotopic (exact) mass is 625 g/mol. The number of halogens is 5.